The zero-order chi connectivity index (χ0) is 13.9. The standard InChI is InChI=1S/C16H20ClNOS/c17-14-5-2-11(3-6-14)9-20-10-16(19)18-15-8-12-1-4-13(15)7-12/h2-3,5-6,12-13,15H,1,4,7-10H2,(H,18,19)/t12-,13+,15-/m1/s1. The Morgan fingerprint density at radius 2 is 2.05 bits per heavy atom. The minimum Gasteiger partial charge on any atom is -0.352 e. The zero-order valence-corrected chi connectivity index (χ0v) is 13.1. The third kappa shape index (κ3) is 3.50. The lowest BCUT2D eigenvalue weighted by molar-refractivity contribution is -0.119. The second-order valence-electron chi connectivity index (χ2n) is 5.97. The fourth-order valence-electron chi connectivity index (χ4n) is 3.51. The van der Waals surface area contributed by atoms with Gasteiger partial charge in [-0.25, -0.2) is 0 Å². The Bertz CT molecular complexity index is 476. The van der Waals surface area contributed by atoms with Crippen molar-refractivity contribution in [2.45, 2.75) is 37.5 Å². The summed E-state index contributed by atoms with van der Waals surface area (Å²) in [6.07, 6.45) is 5.23. The van der Waals surface area contributed by atoms with E-state index in [1.54, 1.807) is 11.8 Å². The van der Waals surface area contributed by atoms with Gasteiger partial charge in [-0.05, 0) is 48.8 Å². The van der Waals surface area contributed by atoms with Crippen LogP contribution in [0.3, 0.4) is 0 Å². The number of thioether (sulfide) groups is 1. The van der Waals surface area contributed by atoms with E-state index in [0.29, 0.717) is 11.8 Å². The molecule has 0 radical (unpaired) electrons. The fourth-order valence-corrected chi connectivity index (χ4v) is 4.44. The van der Waals surface area contributed by atoms with Crippen molar-refractivity contribution >= 4 is 29.3 Å². The molecule has 0 aliphatic heterocycles. The van der Waals surface area contributed by atoms with Crippen LogP contribution >= 0.6 is 23.4 Å². The SMILES string of the molecule is O=C(CSCc1ccc(Cl)cc1)N[C@@H]1C[C@@H]2CC[C@H]1C2. The number of nitrogens with one attached hydrogen (secondary N) is 1. The minimum atomic E-state index is 0.196. The lowest BCUT2D eigenvalue weighted by Gasteiger charge is -2.22. The molecule has 1 aromatic rings. The van der Waals surface area contributed by atoms with E-state index in [9.17, 15) is 4.79 Å². The molecule has 2 saturated carbocycles. The molecule has 1 N–H and O–H groups in total. The van der Waals surface area contributed by atoms with Gasteiger partial charge in [-0.1, -0.05) is 30.2 Å². The lowest BCUT2D eigenvalue weighted by atomic mass is 9.95. The molecule has 1 amide bonds. The van der Waals surface area contributed by atoms with Crippen LogP contribution in [-0.2, 0) is 10.5 Å². The number of fused-ring (bicyclic) bond motifs is 2. The quantitative estimate of drug-likeness (QED) is 0.894. The van der Waals surface area contributed by atoms with Crippen molar-refractivity contribution in [2.24, 2.45) is 11.8 Å². The van der Waals surface area contributed by atoms with Gasteiger partial charge in [0.25, 0.3) is 0 Å². The van der Waals surface area contributed by atoms with Gasteiger partial charge in [0.05, 0.1) is 5.75 Å². The highest BCUT2D eigenvalue weighted by Gasteiger charge is 2.39. The fraction of sp³-hybridized carbons (Fsp3) is 0.562. The van der Waals surface area contributed by atoms with Crippen LogP contribution in [0.15, 0.2) is 24.3 Å². The van der Waals surface area contributed by atoms with Gasteiger partial charge in [0.2, 0.25) is 5.91 Å². The summed E-state index contributed by atoms with van der Waals surface area (Å²) in [5.74, 6) is 3.25. The average molecular weight is 310 g/mol. The van der Waals surface area contributed by atoms with Crippen molar-refractivity contribution < 1.29 is 4.79 Å². The molecule has 0 heterocycles. The largest absolute Gasteiger partial charge is 0.352 e. The Hall–Kier alpha value is -0.670. The monoisotopic (exact) mass is 309 g/mol. The van der Waals surface area contributed by atoms with Crippen molar-refractivity contribution in [3.63, 3.8) is 0 Å². The summed E-state index contributed by atoms with van der Waals surface area (Å²) in [5.41, 5.74) is 1.21. The van der Waals surface area contributed by atoms with E-state index in [1.807, 2.05) is 24.3 Å². The maximum Gasteiger partial charge on any atom is 0.230 e. The third-order valence-electron chi connectivity index (χ3n) is 4.50. The molecule has 1 aromatic carbocycles. The highest BCUT2D eigenvalue weighted by molar-refractivity contribution is 7.99. The number of rotatable bonds is 5. The number of carbonyl (C=O) groups is 1. The van der Waals surface area contributed by atoms with Crippen LogP contribution in [0.2, 0.25) is 5.02 Å². The second-order valence-corrected chi connectivity index (χ2v) is 7.39. The van der Waals surface area contributed by atoms with Crippen LogP contribution in [-0.4, -0.2) is 17.7 Å². The number of benzene rings is 1. The highest BCUT2D eigenvalue weighted by atomic mass is 35.5. The van der Waals surface area contributed by atoms with Crippen LogP contribution in [0.25, 0.3) is 0 Å². The van der Waals surface area contributed by atoms with Crippen molar-refractivity contribution in [2.75, 3.05) is 5.75 Å². The van der Waals surface area contributed by atoms with Gasteiger partial charge >= 0.3 is 0 Å². The minimum absolute atomic E-state index is 0.196. The molecule has 4 heteroatoms. The lowest BCUT2D eigenvalue weighted by Crippen LogP contribution is -2.39. The summed E-state index contributed by atoms with van der Waals surface area (Å²) in [5, 5.41) is 3.98. The van der Waals surface area contributed by atoms with E-state index in [4.69, 9.17) is 11.6 Å². The van der Waals surface area contributed by atoms with Crippen molar-refractivity contribution in [3.8, 4) is 0 Å². The first kappa shape index (κ1) is 14.3. The Labute approximate surface area is 129 Å². The van der Waals surface area contributed by atoms with E-state index in [-0.39, 0.29) is 5.91 Å². The molecular weight excluding hydrogens is 290 g/mol. The van der Waals surface area contributed by atoms with Gasteiger partial charge < -0.3 is 5.32 Å². The molecule has 2 aliphatic rings. The van der Waals surface area contributed by atoms with Gasteiger partial charge in [0, 0.05) is 16.8 Å². The molecule has 0 aromatic heterocycles. The number of amides is 1. The Balaban J connectivity index is 1.38. The molecule has 2 nitrogen and oxygen atoms in total. The predicted octanol–water partition coefficient (Wildman–Crippen LogP) is 3.88. The summed E-state index contributed by atoms with van der Waals surface area (Å²) in [7, 11) is 0. The summed E-state index contributed by atoms with van der Waals surface area (Å²) in [6, 6.07) is 8.28. The Kier molecular flexibility index (Phi) is 4.57. The summed E-state index contributed by atoms with van der Waals surface area (Å²) in [4.78, 5) is 12.0. The van der Waals surface area contributed by atoms with Crippen molar-refractivity contribution in [1.82, 2.24) is 5.32 Å². The summed E-state index contributed by atoms with van der Waals surface area (Å²) >= 11 is 7.52. The van der Waals surface area contributed by atoms with Gasteiger partial charge in [0.1, 0.15) is 0 Å². The second kappa shape index (κ2) is 6.40. The van der Waals surface area contributed by atoms with Crippen LogP contribution in [0.1, 0.15) is 31.2 Å². The topological polar surface area (TPSA) is 29.1 Å². The molecule has 20 heavy (non-hydrogen) atoms. The van der Waals surface area contributed by atoms with Crippen LogP contribution < -0.4 is 5.32 Å². The maximum absolute atomic E-state index is 12.0. The Morgan fingerprint density at radius 3 is 2.70 bits per heavy atom. The molecule has 0 unspecified atom stereocenters. The molecular formula is C16H20ClNOS. The molecule has 108 valence electrons. The third-order valence-corrected chi connectivity index (χ3v) is 5.76. The number of hydrogen-bond acceptors (Lipinski definition) is 2. The van der Waals surface area contributed by atoms with E-state index >= 15 is 0 Å². The molecule has 0 spiro atoms. The number of carbonyl (C=O) groups excluding carboxylic acids is 1. The normalized spacial score (nSPS) is 27.8. The van der Waals surface area contributed by atoms with Gasteiger partial charge in [0.15, 0.2) is 0 Å². The number of hydrogen-bond donors (Lipinski definition) is 1. The van der Waals surface area contributed by atoms with Crippen LogP contribution in [0, 0.1) is 11.8 Å². The van der Waals surface area contributed by atoms with Gasteiger partial charge in [-0.3, -0.25) is 4.79 Å². The van der Waals surface area contributed by atoms with E-state index in [2.05, 4.69) is 5.32 Å². The van der Waals surface area contributed by atoms with Crippen LogP contribution in [0.4, 0.5) is 0 Å². The van der Waals surface area contributed by atoms with Crippen molar-refractivity contribution in [1.29, 1.82) is 0 Å². The first-order valence-electron chi connectivity index (χ1n) is 7.32. The van der Waals surface area contributed by atoms with Gasteiger partial charge in [-0.2, -0.15) is 0 Å². The molecule has 3 rings (SSSR count). The highest BCUT2D eigenvalue weighted by Crippen LogP contribution is 2.44. The molecule has 2 aliphatic carbocycles. The smallest absolute Gasteiger partial charge is 0.230 e. The molecule has 0 saturated heterocycles. The Morgan fingerprint density at radius 1 is 1.25 bits per heavy atom. The zero-order valence-electron chi connectivity index (χ0n) is 11.5. The van der Waals surface area contributed by atoms with Crippen molar-refractivity contribution in [3.05, 3.63) is 34.9 Å². The summed E-state index contributed by atoms with van der Waals surface area (Å²) in [6.45, 7) is 0. The predicted molar refractivity (Wildman–Crippen MR) is 85.0 cm³/mol. The molecule has 2 fully saturated rings. The average Bonchev–Trinajstić information content (AvgIpc) is 3.03. The van der Waals surface area contributed by atoms with E-state index < -0.39 is 0 Å². The molecule has 3 atom stereocenters. The maximum atomic E-state index is 12.0. The van der Waals surface area contributed by atoms with E-state index in [0.717, 1.165) is 22.6 Å². The molecule has 2 bridgehead atoms. The van der Waals surface area contributed by atoms with E-state index in [1.165, 1.54) is 31.2 Å². The summed E-state index contributed by atoms with van der Waals surface area (Å²) < 4.78 is 0. The van der Waals surface area contributed by atoms with Gasteiger partial charge in [-0.15, -0.1) is 11.8 Å². The first-order valence-corrected chi connectivity index (χ1v) is 8.85. The first-order chi connectivity index (χ1) is 9.70. The van der Waals surface area contributed by atoms with Crippen LogP contribution in [0.5, 0.6) is 0 Å². The number of halogens is 1.